The van der Waals surface area contributed by atoms with E-state index >= 15 is 0 Å². The second-order valence-corrected chi connectivity index (χ2v) is 8.75. The van der Waals surface area contributed by atoms with Crippen molar-refractivity contribution in [2.45, 2.75) is 26.3 Å². The molecular weight excluding hydrogens is 420 g/mol. The number of aromatic hydroxyl groups is 1. The fraction of sp³-hybridized carbons (Fsp3) is 0.167. The Morgan fingerprint density at radius 3 is 2.47 bits per heavy atom. The summed E-state index contributed by atoms with van der Waals surface area (Å²) in [5.74, 6) is 1.12. The largest absolute Gasteiger partial charge is 0.505 e. The maximum atomic E-state index is 11.1. The number of nitrogens with zero attached hydrogens (tertiary/aromatic N) is 2. The van der Waals surface area contributed by atoms with Gasteiger partial charge in [-0.3, -0.25) is 4.98 Å². The molecule has 0 aliphatic heterocycles. The van der Waals surface area contributed by atoms with E-state index in [-0.39, 0.29) is 11.7 Å². The van der Waals surface area contributed by atoms with E-state index < -0.39 is 0 Å². The van der Waals surface area contributed by atoms with Gasteiger partial charge in [0.15, 0.2) is 0 Å². The van der Waals surface area contributed by atoms with E-state index in [0.29, 0.717) is 5.69 Å². The molecule has 5 rings (SSSR count). The fourth-order valence-corrected chi connectivity index (χ4v) is 4.63. The summed E-state index contributed by atoms with van der Waals surface area (Å²) in [6, 6.07) is 26.5. The summed E-state index contributed by atoms with van der Waals surface area (Å²) < 4.78 is 7.59. The number of benzene rings is 3. The molecule has 1 atom stereocenters. The number of aromatic nitrogens is 2. The second kappa shape index (κ2) is 9.06. The highest BCUT2D eigenvalue weighted by atomic mass is 16.5. The highest BCUT2D eigenvalue weighted by Gasteiger charge is 2.18. The first-order valence-electron chi connectivity index (χ1n) is 11.5. The highest BCUT2D eigenvalue weighted by molar-refractivity contribution is 5.85. The van der Waals surface area contributed by atoms with E-state index in [0.717, 1.165) is 29.0 Å². The van der Waals surface area contributed by atoms with Gasteiger partial charge in [-0.2, -0.15) is 0 Å². The van der Waals surface area contributed by atoms with Crippen LogP contribution in [0.3, 0.4) is 0 Å². The summed E-state index contributed by atoms with van der Waals surface area (Å²) in [7, 11) is 1.68. The first-order chi connectivity index (χ1) is 16.5. The lowest BCUT2D eigenvalue weighted by molar-refractivity contribution is 0.414. The minimum atomic E-state index is 0.0134. The number of rotatable bonds is 6. The number of pyridine rings is 1. The van der Waals surface area contributed by atoms with Crippen molar-refractivity contribution in [2.24, 2.45) is 0 Å². The average Bonchev–Trinajstić information content (AvgIpc) is 3.19. The average molecular weight is 449 g/mol. The Hall–Kier alpha value is -4.05. The van der Waals surface area contributed by atoms with Gasteiger partial charge in [0.05, 0.1) is 7.11 Å². The lowest BCUT2D eigenvalue weighted by atomic mass is 9.91. The number of ether oxygens (including phenoxy) is 1. The van der Waals surface area contributed by atoms with Crippen LogP contribution in [0.15, 0.2) is 91.3 Å². The van der Waals surface area contributed by atoms with E-state index in [1.54, 1.807) is 13.3 Å². The molecule has 0 radical (unpaired) electrons. The summed E-state index contributed by atoms with van der Waals surface area (Å²) in [5.41, 5.74) is 7.21. The summed E-state index contributed by atoms with van der Waals surface area (Å²) in [6.07, 6.45) is 3.99. The Labute approximate surface area is 200 Å². The van der Waals surface area contributed by atoms with Gasteiger partial charge in [-0.15, -0.1) is 0 Å². The van der Waals surface area contributed by atoms with Crippen LogP contribution in [-0.4, -0.2) is 21.8 Å². The topological polar surface area (TPSA) is 47.3 Å². The number of aryl methyl sites for hydroxylation is 1. The molecule has 0 fully saturated rings. The van der Waals surface area contributed by atoms with Crippen LogP contribution in [0.2, 0.25) is 0 Å². The van der Waals surface area contributed by atoms with E-state index in [4.69, 9.17) is 4.74 Å². The Morgan fingerprint density at radius 2 is 1.74 bits per heavy atom. The molecule has 4 nitrogen and oxygen atoms in total. The smallest absolute Gasteiger partial charge is 0.145 e. The number of fused-ring (bicyclic) bond motifs is 1. The Kier molecular flexibility index (Phi) is 5.81. The maximum Gasteiger partial charge on any atom is 0.145 e. The van der Waals surface area contributed by atoms with E-state index in [1.165, 1.54) is 22.0 Å². The van der Waals surface area contributed by atoms with Gasteiger partial charge in [-0.1, -0.05) is 61.5 Å². The number of hydrogen-bond donors (Lipinski definition) is 1. The maximum absolute atomic E-state index is 11.1. The molecule has 3 aromatic carbocycles. The third-order valence-electron chi connectivity index (χ3n) is 6.59. The molecule has 0 amide bonds. The molecule has 0 saturated heterocycles. The molecule has 0 bridgehead atoms. The van der Waals surface area contributed by atoms with Crippen LogP contribution in [0.4, 0.5) is 0 Å². The molecule has 2 heterocycles. The van der Waals surface area contributed by atoms with Crippen molar-refractivity contribution >= 4 is 10.9 Å². The highest BCUT2D eigenvalue weighted by Crippen LogP contribution is 2.38. The van der Waals surface area contributed by atoms with Crippen LogP contribution in [0, 0.1) is 6.92 Å². The standard InChI is InChI=1S/C30H28N2O2/c1-20-18-32(19-22-9-12-25(34-3)13-10-22)28-17-24(11-14-26(20)28)21(2)27-15-16-31-29(30(27)33)23-7-5-4-6-8-23/h4-18,21,33H,19H2,1-3H3. The molecule has 0 aliphatic rings. The van der Waals surface area contributed by atoms with Crippen molar-refractivity contribution in [3.63, 3.8) is 0 Å². The molecular formula is C30H28N2O2. The third kappa shape index (κ3) is 4.03. The van der Waals surface area contributed by atoms with Gasteiger partial charge in [0.1, 0.15) is 17.2 Å². The van der Waals surface area contributed by atoms with Gasteiger partial charge < -0.3 is 14.4 Å². The molecule has 2 aromatic heterocycles. The van der Waals surface area contributed by atoms with Crippen molar-refractivity contribution in [2.75, 3.05) is 7.11 Å². The minimum absolute atomic E-state index is 0.0134. The van der Waals surface area contributed by atoms with E-state index in [2.05, 4.69) is 59.9 Å². The first kappa shape index (κ1) is 21.8. The number of hydrogen-bond acceptors (Lipinski definition) is 3. The van der Waals surface area contributed by atoms with E-state index in [9.17, 15) is 5.11 Å². The third-order valence-corrected chi connectivity index (χ3v) is 6.59. The molecule has 5 aromatic rings. The Bertz CT molecular complexity index is 1440. The predicted molar refractivity (Wildman–Crippen MR) is 138 cm³/mol. The zero-order chi connectivity index (χ0) is 23.7. The summed E-state index contributed by atoms with van der Waals surface area (Å²) in [4.78, 5) is 4.45. The van der Waals surface area contributed by atoms with Crippen LogP contribution in [-0.2, 0) is 6.54 Å². The molecule has 0 spiro atoms. The van der Waals surface area contributed by atoms with Gasteiger partial charge in [-0.25, -0.2) is 0 Å². The lowest BCUT2D eigenvalue weighted by Crippen LogP contribution is -2.01. The summed E-state index contributed by atoms with van der Waals surface area (Å²) in [5, 5.41) is 12.3. The Morgan fingerprint density at radius 1 is 0.971 bits per heavy atom. The van der Waals surface area contributed by atoms with Gasteiger partial charge in [0.2, 0.25) is 0 Å². The SMILES string of the molecule is COc1ccc(Cn2cc(C)c3ccc(C(C)c4ccnc(-c5ccccc5)c4O)cc32)cc1. The molecule has 34 heavy (non-hydrogen) atoms. The van der Waals surface area contributed by atoms with Crippen LogP contribution < -0.4 is 4.74 Å². The van der Waals surface area contributed by atoms with Crippen molar-refractivity contribution in [1.29, 1.82) is 0 Å². The zero-order valence-electron chi connectivity index (χ0n) is 19.7. The Balaban J connectivity index is 1.51. The van der Waals surface area contributed by atoms with Crippen LogP contribution in [0.5, 0.6) is 11.5 Å². The van der Waals surface area contributed by atoms with Gasteiger partial charge in [-0.05, 0) is 47.9 Å². The normalized spacial score (nSPS) is 12.1. The lowest BCUT2D eigenvalue weighted by Gasteiger charge is -2.17. The van der Waals surface area contributed by atoms with Crippen molar-refractivity contribution < 1.29 is 9.84 Å². The summed E-state index contributed by atoms with van der Waals surface area (Å²) in [6.45, 7) is 5.07. The fourth-order valence-electron chi connectivity index (χ4n) is 4.63. The minimum Gasteiger partial charge on any atom is -0.505 e. The number of methoxy groups -OCH3 is 1. The molecule has 170 valence electrons. The second-order valence-electron chi connectivity index (χ2n) is 8.75. The quantitative estimate of drug-likeness (QED) is 0.306. The molecule has 1 N–H and O–H groups in total. The van der Waals surface area contributed by atoms with E-state index in [1.807, 2.05) is 48.5 Å². The predicted octanol–water partition coefficient (Wildman–Crippen LogP) is 6.93. The van der Waals surface area contributed by atoms with Gasteiger partial charge in [0, 0.05) is 46.9 Å². The van der Waals surface area contributed by atoms with Crippen LogP contribution in [0.1, 0.15) is 35.1 Å². The zero-order valence-corrected chi connectivity index (χ0v) is 19.7. The van der Waals surface area contributed by atoms with Crippen molar-refractivity contribution in [3.8, 4) is 22.8 Å². The molecule has 0 aliphatic carbocycles. The van der Waals surface area contributed by atoms with Gasteiger partial charge in [0.25, 0.3) is 0 Å². The molecule has 1 unspecified atom stereocenters. The van der Waals surface area contributed by atoms with Crippen LogP contribution >= 0.6 is 0 Å². The van der Waals surface area contributed by atoms with Crippen LogP contribution in [0.25, 0.3) is 22.2 Å². The molecule has 4 heteroatoms. The van der Waals surface area contributed by atoms with Crippen molar-refractivity contribution in [1.82, 2.24) is 9.55 Å². The summed E-state index contributed by atoms with van der Waals surface area (Å²) >= 11 is 0. The molecule has 0 saturated carbocycles. The van der Waals surface area contributed by atoms with Crippen molar-refractivity contribution in [3.05, 3.63) is 114 Å². The monoisotopic (exact) mass is 448 g/mol. The van der Waals surface area contributed by atoms with Gasteiger partial charge >= 0.3 is 0 Å². The first-order valence-corrected chi connectivity index (χ1v) is 11.5.